The molecule has 0 spiro atoms. The van der Waals surface area contributed by atoms with Crippen LogP contribution in [0.15, 0.2) is 60.7 Å². The molecular formula is C15H15Cl2P. The van der Waals surface area contributed by atoms with Gasteiger partial charge in [0.1, 0.15) is 0 Å². The minimum atomic E-state index is -0.537. The van der Waals surface area contributed by atoms with E-state index in [-0.39, 0.29) is 5.12 Å². The molecule has 1 atom stereocenters. The summed E-state index contributed by atoms with van der Waals surface area (Å²) in [6.07, 6.45) is 0.832. The van der Waals surface area contributed by atoms with E-state index in [4.69, 9.17) is 23.2 Å². The molecule has 0 heterocycles. The molecule has 0 saturated heterocycles. The minimum absolute atomic E-state index is 0.0855. The van der Waals surface area contributed by atoms with Crippen LogP contribution in [0.25, 0.3) is 0 Å². The first-order valence-corrected chi connectivity index (χ1v) is 8.30. The Bertz CT molecular complexity index is 419. The van der Waals surface area contributed by atoms with Gasteiger partial charge in [0.2, 0.25) is 0 Å². The topological polar surface area (TPSA) is 0 Å². The lowest BCUT2D eigenvalue weighted by Crippen LogP contribution is -2.18. The van der Waals surface area contributed by atoms with E-state index < -0.39 is 7.92 Å². The Balaban J connectivity index is 2.35. The van der Waals surface area contributed by atoms with E-state index in [1.165, 1.54) is 10.6 Å². The van der Waals surface area contributed by atoms with Crippen LogP contribution in [0.1, 0.15) is 6.42 Å². The first-order chi connectivity index (χ1) is 8.83. The van der Waals surface area contributed by atoms with Gasteiger partial charge in [0.25, 0.3) is 0 Å². The molecule has 2 aromatic rings. The Morgan fingerprint density at radius 2 is 1.28 bits per heavy atom. The number of hydrogen-bond donors (Lipinski definition) is 0. The van der Waals surface area contributed by atoms with Crippen LogP contribution in [0.3, 0.4) is 0 Å². The number of benzene rings is 2. The Morgan fingerprint density at radius 3 is 1.67 bits per heavy atom. The zero-order valence-corrected chi connectivity index (χ0v) is 12.4. The number of alkyl halides is 2. The summed E-state index contributed by atoms with van der Waals surface area (Å²) in [6.45, 7) is 0. The van der Waals surface area contributed by atoms with E-state index in [0.29, 0.717) is 5.88 Å². The molecule has 0 nitrogen and oxygen atoms in total. The van der Waals surface area contributed by atoms with Gasteiger partial charge in [0.15, 0.2) is 0 Å². The summed E-state index contributed by atoms with van der Waals surface area (Å²) >= 11 is 12.4. The van der Waals surface area contributed by atoms with Crippen molar-refractivity contribution in [3.8, 4) is 0 Å². The highest BCUT2D eigenvalue weighted by molar-refractivity contribution is 7.75. The van der Waals surface area contributed by atoms with Gasteiger partial charge in [-0.2, -0.15) is 0 Å². The quantitative estimate of drug-likeness (QED) is 0.570. The van der Waals surface area contributed by atoms with Gasteiger partial charge >= 0.3 is 0 Å². The number of halogens is 2. The summed E-state index contributed by atoms with van der Waals surface area (Å²) in [5.74, 6) is 0.604. The van der Waals surface area contributed by atoms with Crippen LogP contribution < -0.4 is 10.6 Å². The molecule has 0 aliphatic rings. The summed E-state index contributed by atoms with van der Waals surface area (Å²) in [7, 11) is -0.537. The van der Waals surface area contributed by atoms with E-state index in [1.807, 2.05) is 12.1 Å². The van der Waals surface area contributed by atoms with Crippen molar-refractivity contribution in [3.05, 3.63) is 60.7 Å². The van der Waals surface area contributed by atoms with Crippen molar-refractivity contribution in [2.24, 2.45) is 0 Å². The standard InChI is InChI=1S/C15H15Cl2P/c16-12-11-15(17)18(13-7-3-1-4-8-13)14-9-5-2-6-10-14/h1-10,15H,11-12H2. The maximum atomic E-state index is 6.56. The average Bonchev–Trinajstić information content (AvgIpc) is 2.42. The highest BCUT2D eigenvalue weighted by atomic mass is 35.5. The normalized spacial score (nSPS) is 12.6. The molecule has 0 aliphatic heterocycles. The first-order valence-electron chi connectivity index (χ1n) is 5.92. The van der Waals surface area contributed by atoms with Crippen LogP contribution in [0.4, 0.5) is 0 Å². The van der Waals surface area contributed by atoms with Crippen molar-refractivity contribution < 1.29 is 0 Å². The molecular weight excluding hydrogens is 282 g/mol. The molecule has 18 heavy (non-hydrogen) atoms. The van der Waals surface area contributed by atoms with Gasteiger partial charge in [-0.3, -0.25) is 0 Å². The summed E-state index contributed by atoms with van der Waals surface area (Å²) in [6, 6.07) is 21.0. The largest absolute Gasteiger partial charge is 0.127 e. The van der Waals surface area contributed by atoms with E-state index >= 15 is 0 Å². The lowest BCUT2D eigenvalue weighted by molar-refractivity contribution is 1.05. The molecule has 0 saturated carbocycles. The van der Waals surface area contributed by atoms with Crippen molar-refractivity contribution in [1.29, 1.82) is 0 Å². The van der Waals surface area contributed by atoms with Crippen molar-refractivity contribution in [3.63, 3.8) is 0 Å². The third-order valence-corrected chi connectivity index (χ3v) is 6.25. The van der Waals surface area contributed by atoms with Crippen LogP contribution >= 0.6 is 31.1 Å². The maximum Gasteiger partial charge on any atom is 0.0627 e. The van der Waals surface area contributed by atoms with E-state index in [9.17, 15) is 0 Å². The molecule has 0 fully saturated rings. The maximum absolute atomic E-state index is 6.56. The smallest absolute Gasteiger partial charge is 0.0627 e. The van der Waals surface area contributed by atoms with Gasteiger partial charge < -0.3 is 0 Å². The lowest BCUT2D eigenvalue weighted by atomic mass is 10.4. The van der Waals surface area contributed by atoms with Gasteiger partial charge in [-0.1, -0.05) is 60.7 Å². The number of rotatable bonds is 5. The van der Waals surface area contributed by atoms with Crippen LogP contribution in [0.2, 0.25) is 0 Å². The second-order valence-electron chi connectivity index (χ2n) is 3.95. The van der Waals surface area contributed by atoms with Crippen LogP contribution in [0, 0.1) is 0 Å². The second-order valence-corrected chi connectivity index (χ2v) is 7.56. The van der Waals surface area contributed by atoms with Crippen molar-refractivity contribution in [2.75, 3.05) is 5.88 Å². The summed E-state index contributed by atoms with van der Waals surface area (Å²) in [5.41, 5.74) is 0. The molecule has 94 valence electrons. The molecule has 0 N–H and O–H groups in total. The molecule has 0 bridgehead atoms. The fourth-order valence-corrected chi connectivity index (χ4v) is 5.46. The van der Waals surface area contributed by atoms with Gasteiger partial charge in [0, 0.05) is 5.88 Å². The fourth-order valence-electron chi connectivity index (χ4n) is 1.87. The summed E-state index contributed by atoms with van der Waals surface area (Å²) < 4.78 is 0. The zero-order chi connectivity index (χ0) is 12.8. The second kappa shape index (κ2) is 7.14. The molecule has 2 aromatic carbocycles. The van der Waals surface area contributed by atoms with Crippen LogP contribution in [0.5, 0.6) is 0 Å². The van der Waals surface area contributed by atoms with Crippen LogP contribution in [-0.2, 0) is 0 Å². The van der Waals surface area contributed by atoms with E-state index in [2.05, 4.69) is 48.5 Å². The molecule has 3 heteroatoms. The van der Waals surface area contributed by atoms with Gasteiger partial charge in [-0.15, -0.1) is 23.2 Å². The minimum Gasteiger partial charge on any atom is -0.127 e. The monoisotopic (exact) mass is 296 g/mol. The summed E-state index contributed by atoms with van der Waals surface area (Å²) in [5, 5.41) is 2.70. The Morgan fingerprint density at radius 1 is 0.833 bits per heavy atom. The average molecular weight is 297 g/mol. The Kier molecular flexibility index (Phi) is 5.50. The SMILES string of the molecule is ClCCC(Cl)P(c1ccccc1)c1ccccc1. The van der Waals surface area contributed by atoms with Crippen molar-refractivity contribution in [2.45, 2.75) is 11.5 Å². The first kappa shape index (κ1) is 13.9. The molecule has 0 amide bonds. The highest BCUT2D eigenvalue weighted by Gasteiger charge is 2.21. The van der Waals surface area contributed by atoms with Crippen molar-refractivity contribution >= 4 is 41.7 Å². The molecule has 0 aromatic heterocycles. The van der Waals surface area contributed by atoms with E-state index in [1.54, 1.807) is 0 Å². The lowest BCUT2D eigenvalue weighted by Gasteiger charge is -2.23. The molecule has 0 radical (unpaired) electrons. The molecule has 0 aliphatic carbocycles. The summed E-state index contributed by atoms with van der Waals surface area (Å²) in [4.78, 5) is 0. The third kappa shape index (κ3) is 3.48. The van der Waals surface area contributed by atoms with Crippen molar-refractivity contribution in [1.82, 2.24) is 0 Å². The van der Waals surface area contributed by atoms with Crippen LogP contribution in [-0.4, -0.2) is 11.0 Å². The van der Waals surface area contributed by atoms with Gasteiger partial charge in [0.05, 0.1) is 5.12 Å². The highest BCUT2D eigenvalue weighted by Crippen LogP contribution is 2.43. The predicted molar refractivity (Wildman–Crippen MR) is 84.1 cm³/mol. The molecule has 1 unspecified atom stereocenters. The molecule has 2 rings (SSSR count). The zero-order valence-electron chi connectivity index (χ0n) is 9.97. The Hall–Kier alpha value is -0.550. The van der Waals surface area contributed by atoms with Gasteiger partial charge in [-0.05, 0) is 25.0 Å². The third-order valence-electron chi connectivity index (χ3n) is 2.70. The fraction of sp³-hybridized carbons (Fsp3) is 0.200. The Labute approximate surface area is 120 Å². The van der Waals surface area contributed by atoms with E-state index in [0.717, 1.165) is 6.42 Å². The predicted octanol–water partition coefficient (Wildman–Crippen LogP) is 4.31. The number of hydrogen-bond acceptors (Lipinski definition) is 0. The van der Waals surface area contributed by atoms with Gasteiger partial charge in [-0.25, -0.2) is 0 Å².